The van der Waals surface area contributed by atoms with Crippen LogP contribution in [0.3, 0.4) is 0 Å². The van der Waals surface area contributed by atoms with Gasteiger partial charge in [-0.3, -0.25) is 0 Å². The summed E-state index contributed by atoms with van der Waals surface area (Å²) in [6, 6.07) is 4.42. The first-order valence-electron chi connectivity index (χ1n) is 9.41. The van der Waals surface area contributed by atoms with Crippen molar-refractivity contribution in [3.8, 4) is 0 Å². The summed E-state index contributed by atoms with van der Waals surface area (Å²) in [5.74, 6) is 1.72. The molecule has 140 valence electrons. The molecule has 27 heavy (non-hydrogen) atoms. The Balaban J connectivity index is 1.51. The zero-order chi connectivity index (χ0) is 18.5. The Bertz CT molecular complexity index is 1000. The van der Waals surface area contributed by atoms with Crippen molar-refractivity contribution in [2.75, 3.05) is 29.4 Å². The number of aryl methyl sites for hydroxylation is 2. The number of halogens is 1. The lowest BCUT2D eigenvalue weighted by molar-refractivity contribution is 0.385. The van der Waals surface area contributed by atoms with Gasteiger partial charge in [0.2, 0.25) is 0 Å². The average molecular weight is 367 g/mol. The van der Waals surface area contributed by atoms with Crippen LogP contribution in [0.5, 0.6) is 0 Å². The van der Waals surface area contributed by atoms with Crippen LogP contribution in [0, 0.1) is 25.6 Å². The summed E-state index contributed by atoms with van der Waals surface area (Å²) in [6.07, 6.45) is 4.84. The fraction of sp³-hybridized carbons (Fsp3) is 0.474. The van der Waals surface area contributed by atoms with E-state index in [-0.39, 0.29) is 5.82 Å². The minimum Gasteiger partial charge on any atom is -0.352 e. The third kappa shape index (κ3) is 2.70. The molecule has 7 nitrogen and oxygen atoms in total. The lowest BCUT2D eigenvalue weighted by Crippen LogP contribution is -2.49. The molecule has 0 bridgehead atoms. The molecule has 2 fully saturated rings. The maximum absolute atomic E-state index is 14.2. The summed E-state index contributed by atoms with van der Waals surface area (Å²) in [4.78, 5) is 17.0. The van der Waals surface area contributed by atoms with E-state index in [0.29, 0.717) is 17.8 Å². The molecule has 5 rings (SSSR count). The summed E-state index contributed by atoms with van der Waals surface area (Å²) in [7, 11) is 0. The number of rotatable bonds is 2. The zero-order valence-electron chi connectivity index (χ0n) is 15.5. The van der Waals surface area contributed by atoms with E-state index < -0.39 is 0 Å². The summed E-state index contributed by atoms with van der Waals surface area (Å²) in [6.45, 7) is 6.56. The molecule has 0 aromatic carbocycles. The van der Waals surface area contributed by atoms with Gasteiger partial charge in [-0.2, -0.15) is 9.61 Å². The number of fused-ring (bicyclic) bond motifs is 2. The Morgan fingerprint density at radius 3 is 2.81 bits per heavy atom. The highest BCUT2D eigenvalue weighted by atomic mass is 19.1. The molecule has 0 spiro atoms. The van der Waals surface area contributed by atoms with Crippen LogP contribution in [0.2, 0.25) is 0 Å². The summed E-state index contributed by atoms with van der Waals surface area (Å²) in [5.41, 5.74) is 2.81. The van der Waals surface area contributed by atoms with E-state index in [2.05, 4.69) is 35.9 Å². The molecule has 0 N–H and O–H groups in total. The summed E-state index contributed by atoms with van der Waals surface area (Å²) < 4.78 is 16.1. The van der Waals surface area contributed by atoms with E-state index in [4.69, 9.17) is 0 Å². The highest BCUT2D eigenvalue weighted by Gasteiger charge is 2.40. The molecule has 2 atom stereocenters. The van der Waals surface area contributed by atoms with Crippen LogP contribution in [-0.4, -0.2) is 50.2 Å². The second-order valence-electron chi connectivity index (χ2n) is 7.55. The van der Waals surface area contributed by atoms with Gasteiger partial charge in [-0.15, -0.1) is 0 Å². The van der Waals surface area contributed by atoms with Crippen LogP contribution in [0.15, 0.2) is 24.7 Å². The number of aromatic nitrogens is 5. The van der Waals surface area contributed by atoms with E-state index in [1.54, 1.807) is 0 Å². The molecular formula is C19H22FN7. The fourth-order valence-corrected chi connectivity index (χ4v) is 4.56. The Labute approximate surface area is 156 Å². The number of piperidine rings is 1. The monoisotopic (exact) mass is 367 g/mol. The summed E-state index contributed by atoms with van der Waals surface area (Å²) >= 11 is 0. The van der Waals surface area contributed by atoms with Gasteiger partial charge in [0.1, 0.15) is 12.1 Å². The van der Waals surface area contributed by atoms with Crippen LogP contribution >= 0.6 is 0 Å². The molecule has 2 unspecified atom stereocenters. The smallest absolute Gasteiger partial charge is 0.183 e. The SMILES string of the molecule is Cc1cc(N2CCC3CCN(c4ncncc4F)CC32)n2nc(C)cc2n1. The average Bonchev–Trinajstić information content (AvgIpc) is 3.23. The second kappa shape index (κ2) is 6.14. The molecular weight excluding hydrogens is 345 g/mol. The molecule has 3 aromatic heterocycles. The van der Waals surface area contributed by atoms with Crippen molar-refractivity contribution in [3.05, 3.63) is 41.9 Å². The first-order chi connectivity index (χ1) is 13.1. The third-order valence-corrected chi connectivity index (χ3v) is 5.76. The van der Waals surface area contributed by atoms with Crippen LogP contribution in [0.4, 0.5) is 16.0 Å². The number of hydrogen-bond donors (Lipinski definition) is 0. The maximum Gasteiger partial charge on any atom is 0.183 e. The number of anilines is 2. The molecule has 2 saturated heterocycles. The predicted molar refractivity (Wildman–Crippen MR) is 101 cm³/mol. The van der Waals surface area contributed by atoms with Crippen molar-refractivity contribution in [2.45, 2.75) is 32.7 Å². The van der Waals surface area contributed by atoms with Crippen LogP contribution < -0.4 is 9.80 Å². The molecule has 2 aliphatic rings. The largest absolute Gasteiger partial charge is 0.352 e. The number of hydrogen-bond acceptors (Lipinski definition) is 6. The molecule has 3 aromatic rings. The molecule has 0 radical (unpaired) electrons. The first kappa shape index (κ1) is 16.4. The van der Waals surface area contributed by atoms with Gasteiger partial charge in [-0.1, -0.05) is 0 Å². The van der Waals surface area contributed by atoms with Crippen molar-refractivity contribution < 1.29 is 4.39 Å². The van der Waals surface area contributed by atoms with Gasteiger partial charge >= 0.3 is 0 Å². The van der Waals surface area contributed by atoms with E-state index in [1.807, 2.05) is 24.4 Å². The normalized spacial score (nSPS) is 22.5. The Morgan fingerprint density at radius 2 is 1.96 bits per heavy atom. The zero-order valence-corrected chi connectivity index (χ0v) is 15.5. The van der Waals surface area contributed by atoms with Crippen LogP contribution in [0.25, 0.3) is 5.65 Å². The number of nitrogens with zero attached hydrogens (tertiary/aromatic N) is 7. The first-order valence-corrected chi connectivity index (χ1v) is 9.41. The highest BCUT2D eigenvalue weighted by molar-refractivity contribution is 5.54. The quantitative estimate of drug-likeness (QED) is 0.693. The molecule has 0 saturated carbocycles. The molecule has 8 heteroatoms. The highest BCUT2D eigenvalue weighted by Crippen LogP contribution is 2.36. The topological polar surface area (TPSA) is 62.5 Å². The second-order valence-corrected chi connectivity index (χ2v) is 7.55. The van der Waals surface area contributed by atoms with E-state index in [0.717, 1.165) is 55.3 Å². The van der Waals surface area contributed by atoms with Crippen molar-refractivity contribution in [2.24, 2.45) is 5.92 Å². The Kier molecular flexibility index (Phi) is 3.73. The van der Waals surface area contributed by atoms with Gasteiger partial charge in [0.15, 0.2) is 17.3 Å². The van der Waals surface area contributed by atoms with Crippen molar-refractivity contribution in [1.29, 1.82) is 0 Å². The Hall–Kier alpha value is -2.77. The van der Waals surface area contributed by atoms with Gasteiger partial charge in [0.05, 0.1) is 17.9 Å². The van der Waals surface area contributed by atoms with E-state index >= 15 is 0 Å². The standard InChI is InChI=1S/C19H22FN7/c1-12-8-18(27-17(23-12)7-13(2)24-27)26-6-4-14-3-5-25(10-16(14)26)19-15(20)9-21-11-22-19/h7-9,11,14,16H,3-6,10H2,1-2H3. The van der Waals surface area contributed by atoms with Gasteiger partial charge in [0, 0.05) is 37.5 Å². The van der Waals surface area contributed by atoms with Crippen LogP contribution in [0.1, 0.15) is 24.2 Å². The van der Waals surface area contributed by atoms with Gasteiger partial charge in [0.25, 0.3) is 0 Å². The minimum absolute atomic E-state index is 0.308. The molecule has 0 amide bonds. The Morgan fingerprint density at radius 1 is 1.11 bits per heavy atom. The van der Waals surface area contributed by atoms with E-state index in [9.17, 15) is 4.39 Å². The predicted octanol–water partition coefficient (Wildman–Crippen LogP) is 2.38. The van der Waals surface area contributed by atoms with Crippen LogP contribution in [-0.2, 0) is 0 Å². The lowest BCUT2D eigenvalue weighted by atomic mass is 9.92. The maximum atomic E-state index is 14.2. The minimum atomic E-state index is -0.356. The van der Waals surface area contributed by atoms with Crippen molar-refractivity contribution in [3.63, 3.8) is 0 Å². The van der Waals surface area contributed by atoms with Gasteiger partial charge in [-0.05, 0) is 32.6 Å². The van der Waals surface area contributed by atoms with Gasteiger partial charge < -0.3 is 9.80 Å². The van der Waals surface area contributed by atoms with Crippen molar-refractivity contribution in [1.82, 2.24) is 24.6 Å². The fourth-order valence-electron chi connectivity index (χ4n) is 4.56. The molecule has 2 aliphatic heterocycles. The molecule has 5 heterocycles. The van der Waals surface area contributed by atoms with E-state index in [1.165, 1.54) is 12.5 Å². The van der Waals surface area contributed by atoms with Gasteiger partial charge in [-0.25, -0.2) is 19.3 Å². The summed E-state index contributed by atoms with van der Waals surface area (Å²) in [5, 5.41) is 4.65. The third-order valence-electron chi connectivity index (χ3n) is 5.76. The molecule has 0 aliphatic carbocycles. The lowest BCUT2D eigenvalue weighted by Gasteiger charge is -2.39. The van der Waals surface area contributed by atoms with Crippen molar-refractivity contribution >= 4 is 17.3 Å².